The van der Waals surface area contributed by atoms with Crippen molar-refractivity contribution in [2.24, 2.45) is 11.7 Å². The number of likely N-dealkylation sites (tertiary alicyclic amines) is 1. The minimum Gasteiger partial charge on any atom is -0.465 e. The molecule has 1 aromatic rings. The van der Waals surface area contributed by atoms with E-state index in [1.165, 1.54) is 13.5 Å². The topological polar surface area (TPSA) is 102 Å². The molecule has 0 radical (unpaired) electrons. The number of benzene rings is 1. The van der Waals surface area contributed by atoms with Crippen molar-refractivity contribution in [3.8, 4) is 0 Å². The predicted molar refractivity (Wildman–Crippen MR) is 96.5 cm³/mol. The van der Waals surface area contributed by atoms with Crippen molar-refractivity contribution < 1.29 is 19.1 Å². The van der Waals surface area contributed by atoms with Gasteiger partial charge in [-0.05, 0) is 43.4 Å². The van der Waals surface area contributed by atoms with E-state index in [4.69, 9.17) is 10.5 Å². The van der Waals surface area contributed by atoms with Gasteiger partial charge in [-0.3, -0.25) is 14.5 Å². The summed E-state index contributed by atoms with van der Waals surface area (Å²) in [7, 11) is 1.31. The molecule has 1 saturated carbocycles. The molecule has 2 fully saturated rings. The molecule has 1 saturated heterocycles. The van der Waals surface area contributed by atoms with Gasteiger partial charge in [-0.15, -0.1) is 0 Å². The number of nitrogens with one attached hydrogen (secondary N) is 1. The van der Waals surface area contributed by atoms with E-state index in [0.717, 1.165) is 25.7 Å². The van der Waals surface area contributed by atoms with E-state index in [-0.39, 0.29) is 30.4 Å². The second-order valence-corrected chi connectivity index (χ2v) is 7.06. The smallest absolute Gasteiger partial charge is 0.337 e. The molecule has 2 aliphatic rings. The number of primary amides is 1. The van der Waals surface area contributed by atoms with E-state index in [1.807, 2.05) is 4.90 Å². The number of carbonyl (C=O) groups is 3. The van der Waals surface area contributed by atoms with Gasteiger partial charge in [0.15, 0.2) is 0 Å². The van der Waals surface area contributed by atoms with Gasteiger partial charge < -0.3 is 15.8 Å². The molecule has 1 aliphatic carbocycles. The minimum absolute atomic E-state index is 0.122. The number of nitrogens with zero attached hydrogens (tertiary/aromatic N) is 1. The number of methoxy groups -OCH3 is 1. The Morgan fingerprint density at radius 2 is 2.04 bits per heavy atom. The van der Waals surface area contributed by atoms with Crippen molar-refractivity contribution >= 4 is 23.5 Å². The van der Waals surface area contributed by atoms with Crippen molar-refractivity contribution in [3.05, 3.63) is 29.8 Å². The largest absolute Gasteiger partial charge is 0.465 e. The number of amides is 2. The third kappa shape index (κ3) is 3.88. The molecule has 1 aliphatic heterocycles. The van der Waals surface area contributed by atoms with Gasteiger partial charge in [-0.1, -0.05) is 18.9 Å². The Morgan fingerprint density at radius 3 is 2.77 bits per heavy atom. The summed E-state index contributed by atoms with van der Waals surface area (Å²) in [5.74, 6) is -0.597. The number of anilines is 1. The molecule has 26 heavy (non-hydrogen) atoms. The summed E-state index contributed by atoms with van der Waals surface area (Å²) in [4.78, 5) is 38.0. The molecule has 0 spiro atoms. The van der Waals surface area contributed by atoms with Crippen molar-refractivity contribution in [2.75, 3.05) is 19.0 Å². The first-order valence-corrected chi connectivity index (χ1v) is 9.03. The monoisotopic (exact) mass is 359 g/mol. The summed E-state index contributed by atoms with van der Waals surface area (Å²) in [5.41, 5.74) is 6.47. The maximum Gasteiger partial charge on any atom is 0.337 e. The molecule has 0 aromatic heterocycles. The quantitative estimate of drug-likeness (QED) is 0.776. The van der Waals surface area contributed by atoms with Crippen molar-refractivity contribution in [1.82, 2.24) is 4.90 Å². The number of esters is 1. The molecule has 1 heterocycles. The van der Waals surface area contributed by atoms with E-state index < -0.39 is 5.97 Å². The van der Waals surface area contributed by atoms with Gasteiger partial charge in [0.05, 0.1) is 25.3 Å². The number of nitrogens with two attached hydrogens (primary N) is 1. The average Bonchev–Trinajstić information content (AvgIpc) is 3.00. The lowest BCUT2D eigenvalue weighted by Gasteiger charge is -2.32. The highest BCUT2D eigenvalue weighted by Crippen LogP contribution is 2.39. The second kappa shape index (κ2) is 7.86. The van der Waals surface area contributed by atoms with E-state index in [0.29, 0.717) is 17.2 Å². The average molecular weight is 359 g/mol. The summed E-state index contributed by atoms with van der Waals surface area (Å²) in [6.45, 7) is 0.122. The van der Waals surface area contributed by atoms with Gasteiger partial charge in [-0.25, -0.2) is 4.79 Å². The van der Waals surface area contributed by atoms with Gasteiger partial charge in [0.25, 0.3) is 0 Å². The van der Waals surface area contributed by atoms with Crippen molar-refractivity contribution in [1.29, 1.82) is 0 Å². The predicted octanol–water partition coefficient (Wildman–Crippen LogP) is 1.53. The normalized spacial score (nSPS) is 25.3. The molecule has 3 N–H and O–H groups in total. The first kappa shape index (κ1) is 18.4. The fraction of sp³-hybridized carbons (Fsp3) is 0.526. The van der Waals surface area contributed by atoms with Crippen LogP contribution in [-0.4, -0.2) is 48.4 Å². The molecule has 2 amide bonds. The Morgan fingerprint density at radius 1 is 1.27 bits per heavy atom. The van der Waals surface area contributed by atoms with Crippen LogP contribution in [0.5, 0.6) is 0 Å². The molecule has 140 valence electrons. The summed E-state index contributed by atoms with van der Waals surface area (Å²) in [6, 6.07) is 6.45. The minimum atomic E-state index is -0.459. The Kier molecular flexibility index (Phi) is 5.56. The number of rotatable bonds is 5. The summed E-state index contributed by atoms with van der Waals surface area (Å²) in [6.07, 6.45) is 5.12. The third-order valence-corrected chi connectivity index (χ3v) is 5.44. The fourth-order valence-corrected chi connectivity index (χ4v) is 4.27. The lowest BCUT2D eigenvalue weighted by molar-refractivity contribution is -0.124. The van der Waals surface area contributed by atoms with Crippen molar-refractivity contribution in [3.63, 3.8) is 0 Å². The number of hydrogen-bond acceptors (Lipinski definition) is 5. The molecule has 3 unspecified atom stereocenters. The van der Waals surface area contributed by atoms with E-state index in [1.54, 1.807) is 24.3 Å². The highest BCUT2D eigenvalue weighted by Gasteiger charge is 2.44. The van der Waals surface area contributed by atoms with E-state index >= 15 is 0 Å². The van der Waals surface area contributed by atoms with Crippen LogP contribution < -0.4 is 11.1 Å². The van der Waals surface area contributed by atoms with Crippen LogP contribution in [0.3, 0.4) is 0 Å². The Hall–Kier alpha value is -2.41. The van der Waals surface area contributed by atoms with Crippen LogP contribution in [0.2, 0.25) is 0 Å². The van der Waals surface area contributed by atoms with Gasteiger partial charge >= 0.3 is 5.97 Å². The van der Waals surface area contributed by atoms with Gasteiger partial charge in [-0.2, -0.15) is 0 Å². The number of ether oxygens (including phenoxy) is 1. The van der Waals surface area contributed by atoms with Crippen LogP contribution in [0, 0.1) is 5.92 Å². The lowest BCUT2D eigenvalue weighted by atomic mass is 9.84. The molecule has 1 aromatic carbocycles. The molecular formula is C19H25N3O4. The van der Waals surface area contributed by atoms with Gasteiger partial charge in [0.2, 0.25) is 11.8 Å². The zero-order chi connectivity index (χ0) is 18.7. The third-order valence-electron chi connectivity index (χ3n) is 5.44. The zero-order valence-corrected chi connectivity index (χ0v) is 14.9. The van der Waals surface area contributed by atoms with E-state index in [2.05, 4.69) is 5.32 Å². The Balaban J connectivity index is 1.68. The maximum atomic E-state index is 12.5. The molecule has 7 heteroatoms. The fourth-order valence-electron chi connectivity index (χ4n) is 4.27. The Bertz CT molecular complexity index is 706. The van der Waals surface area contributed by atoms with Crippen LogP contribution in [0.15, 0.2) is 24.3 Å². The summed E-state index contributed by atoms with van der Waals surface area (Å²) >= 11 is 0. The second-order valence-electron chi connectivity index (χ2n) is 7.06. The van der Waals surface area contributed by atoms with Crippen molar-refractivity contribution in [2.45, 2.75) is 44.2 Å². The van der Waals surface area contributed by atoms with Gasteiger partial charge in [0, 0.05) is 11.7 Å². The number of carbonyl (C=O) groups excluding carboxylic acids is 3. The molecular weight excluding hydrogens is 334 g/mol. The Labute approximate surface area is 152 Å². The van der Waals surface area contributed by atoms with Crippen LogP contribution in [-0.2, 0) is 14.3 Å². The number of fused-ring (bicyclic) bond motifs is 1. The lowest BCUT2D eigenvalue weighted by Crippen LogP contribution is -2.48. The van der Waals surface area contributed by atoms with Crippen LogP contribution in [0.1, 0.15) is 42.5 Å². The first-order chi connectivity index (χ1) is 12.5. The molecule has 3 rings (SSSR count). The zero-order valence-electron chi connectivity index (χ0n) is 14.9. The first-order valence-electron chi connectivity index (χ1n) is 9.03. The van der Waals surface area contributed by atoms with Crippen LogP contribution in [0.4, 0.5) is 5.69 Å². The SMILES string of the molecule is COC(=O)c1cccc(NC(=O)CN2C(C(N)=O)CC3CCCCC32)c1. The number of hydrogen-bond donors (Lipinski definition) is 2. The van der Waals surface area contributed by atoms with Crippen LogP contribution in [0.25, 0.3) is 0 Å². The maximum absolute atomic E-state index is 12.5. The van der Waals surface area contributed by atoms with E-state index in [9.17, 15) is 14.4 Å². The highest BCUT2D eigenvalue weighted by molar-refractivity contribution is 5.95. The molecule has 7 nitrogen and oxygen atoms in total. The summed E-state index contributed by atoms with van der Waals surface area (Å²) < 4.78 is 4.69. The molecule has 0 bridgehead atoms. The highest BCUT2D eigenvalue weighted by atomic mass is 16.5. The molecule has 3 atom stereocenters. The summed E-state index contributed by atoms with van der Waals surface area (Å²) in [5, 5.41) is 2.80. The standard InChI is InChI=1S/C19H25N3O4/c1-26-19(25)13-6-4-7-14(9-13)21-17(23)11-22-15-8-3-2-5-12(15)10-16(22)18(20)24/h4,6-7,9,12,15-16H,2-3,5,8,10-11H2,1H3,(H2,20,24)(H,21,23). The van der Waals surface area contributed by atoms with Crippen LogP contribution >= 0.6 is 0 Å². The van der Waals surface area contributed by atoms with Gasteiger partial charge in [0.1, 0.15) is 0 Å².